The van der Waals surface area contributed by atoms with Gasteiger partial charge < -0.3 is 10.2 Å². The van der Waals surface area contributed by atoms with Crippen LogP contribution in [-0.2, 0) is 0 Å². The maximum Gasteiger partial charge on any atom is 0.139 e. The van der Waals surface area contributed by atoms with Crippen LogP contribution in [0.5, 0.6) is 11.5 Å². The van der Waals surface area contributed by atoms with E-state index in [1.165, 1.54) is 109 Å². The van der Waals surface area contributed by atoms with Crippen LogP contribution >= 0.6 is 0 Å². The summed E-state index contributed by atoms with van der Waals surface area (Å²) in [5, 5.41) is 19.4. The van der Waals surface area contributed by atoms with Crippen molar-refractivity contribution in [2.24, 2.45) is 0 Å². The minimum atomic E-state index is 0.137. The van der Waals surface area contributed by atoms with E-state index in [1.807, 2.05) is 0 Å². The zero-order chi connectivity index (χ0) is 21.4. The van der Waals surface area contributed by atoms with Crippen LogP contribution in [0, 0.1) is 0 Å². The fraction of sp³-hybridized carbons (Fsp3) is 0.769. The Kier molecular flexibility index (Phi) is 13.9. The van der Waals surface area contributed by atoms with Crippen LogP contribution in [0.25, 0.3) is 0 Å². The Labute approximate surface area is 180 Å². The predicted octanol–water partition coefficient (Wildman–Crippen LogP) is 7.93. The molecule has 0 spiro atoms. The van der Waals surface area contributed by atoms with Gasteiger partial charge in [-0.2, -0.15) is 0 Å². The lowest BCUT2D eigenvalue weighted by molar-refractivity contribution is 0.374. The van der Waals surface area contributed by atoms with E-state index in [1.54, 1.807) is 12.1 Å². The zero-order valence-electron chi connectivity index (χ0n) is 19.6. The molecule has 3 nitrogen and oxygen atoms in total. The van der Waals surface area contributed by atoms with Gasteiger partial charge in [0.15, 0.2) is 0 Å². The minimum Gasteiger partial charge on any atom is -0.508 e. The number of hydrogen-bond acceptors (Lipinski definition) is 2. The van der Waals surface area contributed by atoms with Gasteiger partial charge in [-0.05, 0) is 12.8 Å². The highest BCUT2D eigenvalue weighted by atomic mass is 16.3. The number of unbranched alkanes of at least 4 members (excludes halogenated alkanes) is 15. The highest BCUT2D eigenvalue weighted by molar-refractivity contribution is 5.51. The highest BCUT2D eigenvalue weighted by Gasteiger charge is 2.20. The normalized spacial score (nSPS) is 11.8. The zero-order valence-corrected chi connectivity index (χ0v) is 19.6. The maximum atomic E-state index is 9.70. The fourth-order valence-corrected chi connectivity index (χ4v) is 4.11. The number of phenols is 2. The van der Waals surface area contributed by atoms with Crippen LogP contribution in [0.1, 0.15) is 110 Å². The van der Waals surface area contributed by atoms with Gasteiger partial charge in [-0.1, -0.05) is 96.8 Å². The third-order valence-electron chi connectivity index (χ3n) is 6.16. The second kappa shape index (κ2) is 15.6. The number of rotatable bonds is 18. The van der Waals surface area contributed by atoms with Gasteiger partial charge in [0.1, 0.15) is 17.2 Å². The average Bonchev–Trinajstić information content (AvgIpc) is 2.67. The molecule has 0 fully saturated rings. The van der Waals surface area contributed by atoms with Crippen molar-refractivity contribution >= 4 is 5.69 Å². The van der Waals surface area contributed by atoms with Gasteiger partial charge >= 0.3 is 0 Å². The first kappa shape index (κ1) is 25.8. The number of hydrogen-bond donors (Lipinski definition) is 2. The molecule has 0 aromatic heterocycles. The standard InChI is InChI=1S/C26H47NO2/c1-4-5-6-7-8-9-10-11-12-13-14-15-16-17-18-19-20-27(2,3)24-21-25(28)23-26(29)22-24/h21-23H,4-20H2,1-3H3,(H-,28,29)/p+1. The molecule has 0 saturated carbocycles. The van der Waals surface area contributed by atoms with Gasteiger partial charge in [-0.25, -0.2) is 0 Å². The number of benzene rings is 1. The lowest BCUT2D eigenvalue weighted by atomic mass is 10.0. The van der Waals surface area contributed by atoms with Gasteiger partial charge in [0.25, 0.3) is 0 Å². The highest BCUT2D eigenvalue weighted by Crippen LogP contribution is 2.29. The van der Waals surface area contributed by atoms with Crippen molar-refractivity contribution in [3.8, 4) is 11.5 Å². The first-order valence-electron chi connectivity index (χ1n) is 12.3. The van der Waals surface area contributed by atoms with E-state index in [0.717, 1.165) is 12.2 Å². The van der Waals surface area contributed by atoms with E-state index >= 15 is 0 Å². The summed E-state index contributed by atoms with van der Waals surface area (Å²) in [7, 11) is 4.28. The molecule has 0 aliphatic carbocycles. The largest absolute Gasteiger partial charge is 0.508 e. The van der Waals surface area contributed by atoms with Crippen LogP contribution in [-0.4, -0.2) is 30.9 Å². The van der Waals surface area contributed by atoms with Crippen LogP contribution in [0.4, 0.5) is 5.69 Å². The number of phenolic OH excluding ortho intramolecular Hbond substituents is 2. The Morgan fingerprint density at radius 2 is 0.897 bits per heavy atom. The Morgan fingerprint density at radius 1 is 0.552 bits per heavy atom. The smallest absolute Gasteiger partial charge is 0.139 e. The molecule has 0 aliphatic rings. The van der Waals surface area contributed by atoms with E-state index in [-0.39, 0.29) is 11.5 Å². The summed E-state index contributed by atoms with van der Waals surface area (Å²) in [6.45, 7) is 3.31. The minimum absolute atomic E-state index is 0.137. The summed E-state index contributed by atoms with van der Waals surface area (Å²) in [6, 6.07) is 4.90. The number of nitrogens with zero attached hydrogens (tertiary/aromatic N) is 1. The monoisotopic (exact) mass is 406 g/mol. The molecule has 168 valence electrons. The van der Waals surface area contributed by atoms with Crippen molar-refractivity contribution in [2.45, 2.75) is 110 Å². The van der Waals surface area contributed by atoms with E-state index in [4.69, 9.17) is 0 Å². The van der Waals surface area contributed by atoms with Crippen molar-refractivity contribution in [3.63, 3.8) is 0 Å². The topological polar surface area (TPSA) is 40.5 Å². The van der Waals surface area contributed by atoms with Crippen LogP contribution in [0.3, 0.4) is 0 Å². The van der Waals surface area contributed by atoms with Crippen molar-refractivity contribution < 1.29 is 10.2 Å². The van der Waals surface area contributed by atoms with E-state index < -0.39 is 0 Å². The molecule has 0 radical (unpaired) electrons. The molecule has 0 amide bonds. The molecule has 1 aromatic rings. The third-order valence-corrected chi connectivity index (χ3v) is 6.16. The molecule has 0 bridgehead atoms. The lowest BCUT2D eigenvalue weighted by Gasteiger charge is -2.29. The maximum absolute atomic E-state index is 9.70. The van der Waals surface area contributed by atoms with Crippen molar-refractivity contribution in [1.82, 2.24) is 4.48 Å². The molecule has 0 atom stereocenters. The molecule has 2 N–H and O–H groups in total. The SMILES string of the molecule is CCCCCCCCCCCCCCCCCC[N+](C)(C)c1cc(O)cc(O)c1. The molecular weight excluding hydrogens is 358 g/mol. The molecule has 1 rings (SSSR count). The van der Waals surface area contributed by atoms with Crippen LogP contribution in [0.15, 0.2) is 18.2 Å². The molecule has 1 aromatic carbocycles. The van der Waals surface area contributed by atoms with Crippen molar-refractivity contribution in [1.29, 1.82) is 0 Å². The summed E-state index contributed by atoms with van der Waals surface area (Å²) >= 11 is 0. The molecular formula is C26H48NO2+. The molecule has 0 heterocycles. The first-order valence-corrected chi connectivity index (χ1v) is 12.3. The fourth-order valence-electron chi connectivity index (χ4n) is 4.11. The van der Waals surface area contributed by atoms with Gasteiger partial charge in [-0.15, -0.1) is 0 Å². The quantitative estimate of drug-likeness (QED) is 0.192. The van der Waals surface area contributed by atoms with Crippen molar-refractivity contribution in [3.05, 3.63) is 18.2 Å². The Morgan fingerprint density at radius 3 is 1.28 bits per heavy atom. The van der Waals surface area contributed by atoms with Gasteiger partial charge in [0, 0.05) is 18.2 Å². The van der Waals surface area contributed by atoms with E-state index in [9.17, 15) is 10.2 Å². The first-order chi connectivity index (χ1) is 14.0. The van der Waals surface area contributed by atoms with Gasteiger partial charge in [0.05, 0.1) is 20.6 Å². The van der Waals surface area contributed by atoms with E-state index in [2.05, 4.69) is 21.0 Å². The number of aromatic hydroxyl groups is 2. The Bertz CT molecular complexity index is 507. The lowest BCUT2D eigenvalue weighted by Crippen LogP contribution is -2.41. The molecule has 0 aliphatic heterocycles. The molecule has 29 heavy (non-hydrogen) atoms. The van der Waals surface area contributed by atoms with Gasteiger partial charge in [0.2, 0.25) is 0 Å². The summed E-state index contributed by atoms with van der Waals surface area (Å²) < 4.78 is 0.695. The number of quaternary nitrogens is 1. The second-order valence-corrected chi connectivity index (χ2v) is 9.42. The van der Waals surface area contributed by atoms with E-state index in [0.29, 0.717) is 4.48 Å². The second-order valence-electron chi connectivity index (χ2n) is 9.42. The molecule has 0 unspecified atom stereocenters. The van der Waals surface area contributed by atoms with Crippen molar-refractivity contribution in [2.75, 3.05) is 20.6 Å². The summed E-state index contributed by atoms with van der Waals surface area (Å²) in [6.07, 6.45) is 22.2. The summed E-state index contributed by atoms with van der Waals surface area (Å²) in [5.41, 5.74) is 0.962. The Balaban J connectivity index is 1.93. The average molecular weight is 407 g/mol. The van der Waals surface area contributed by atoms with Crippen LogP contribution < -0.4 is 4.48 Å². The summed E-state index contributed by atoms with van der Waals surface area (Å²) in [4.78, 5) is 0. The predicted molar refractivity (Wildman–Crippen MR) is 128 cm³/mol. The van der Waals surface area contributed by atoms with Crippen LogP contribution in [0.2, 0.25) is 0 Å². The molecule has 3 heteroatoms. The summed E-state index contributed by atoms with van der Waals surface area (Å²) in [5.74, 6) is 0.274. The third kappa shape index (κ3) is 12.8. The van der Waals surface area contributed by atoms with Gasteiger partial charge in [-0.3, -0.25) is 4.48 Å². The molecule has 0 saturated heterocycles. The Hall–Kier alpha value is -1.22.